The first kappa shape index (κ1) is 12.1. The molecule has 0 radical (unpaired) electrons. The molecule has 4 heteroatoms. The van der Waals surface area contributed by atoms with Crippen LogP contribution in [-0.2, 0) is 0 Å². The van der Waals surface area contributed by atoms with Crippen molar-refractivity contribution in [1.82, 2.24) is 10.2 Å². The highest BCUT2D eigenvalue weighted by atomic mass is 35.5. The molecular formula is C13H16ClN3. The number of anilines is 1. The molecule has 0 aliphatic rings. The third-order valence-electron chi connectivity index (χ3n) is 2.75. The van der Waals surface area contributed by atoms with Crippen LogP contribution in [0.15, 0.2) is 30.5 Å². The number of benzene rings is 1. The molecular weight excluding hydrogens is 234 g/mol. The van der Waals surface area contributed by atoms with Gasteiger partial charge in [-0.1, -0.05) is 24.3 Å². The standard InChI is InChI=1S/C13H16ClN3/c1-13(2,7-8-14)16-12-11-6-4-3-5-10(11)9-15-17-12/h3-6,9H,7-8H2,1-2H3,(H,16,17). The Morgan fingerprint density at radius 1 is 1.29 bits per heavy atom. The molecule has 0 amide bonds. The van der Waals surface area contributed by atoms with Crippen LogP contribution < -0.4 is 5.32 Å². The van der Waals surface area contributed by atoms with Gasteiger partial charge in [0.1, 0.15) is 0 Å². The smallest absolute Gasteiger partial charge is 0.156 e. The second-order valence-electron chi connectivity index (χ2n) is 4.73. The molecule has 2 rings (SSSR count). The molecule has 3 nitrogen and oxygen atoms in total. The van der Waals surface area contributed by atoms with Gasteiger partial charge in [0.05, 0.1) is 6.20 Å². The molecule has 0 saturated carbocycles. The highest BCUT2D eigenvalue weighted by Gasteiger charge is 2.18. The molecule has 0 saturated heterocycles. The number of hydrogen-bond donors (Lipinski definition) is 1. The van der Waals surface area contributed by atoms with Crippen LogP contribution in [0.25, 0.3) is 10.8 Å². The molecule has 90 valence electrons. The summed E-state index contributed by atoms with van der Waals surface area (Å²) in [7, 11) is 0. The summed E-state index contributed by atoms with van der Waals surface area (Å²) < 4.78 is 0. The van der Waals surface area contributed by atoms with Gasteiger partial charge in [0, 0.05) is 22.2 Å². The molecule has 0 atom stereocenters. The summed E-state index contributed by atoms with van der Waals surface area (Å²) in [6, 6.07) is 8.08. The molecule has 0 aliphatic carbocycles. The molecule has 1 aromatic carbocycles. The van der Waals surface area contributed by atoms with Crippen LogP contribution in [0.4, 0.5) is 5.82 Å². The fraction of sp³-hybridized carbons (Fsp3) is 0.385. The Labute approximate surface area is 106 Å². The van der Waals surface area contributed by atoms with Gasteiger partial charge < -0.3 is 5.32 Å². The SMILES string of the molecule is CC(C)(CCCl)Nc1nncc2ccccc12. The van der Waals surface area contributed by atoms with Crippen molar-refractivity contribution in [2.45, 2.75) is 25.8 Å². The molecule has 2 aromatic rings. The molecule has 0 fully saturated rings. The zero-order valence-corrected chi connectivity index (χ0v) is 10.8. The van der Waals surface area contributed by atoms with Crippen molar-refractivity contribution in [3.05, 3.63) is 30.5 Å². The van der Waals surface area contributed by atoms with Crippen molar-refractivity contribution >= 4 is 28.2 Å². The molecule has 0 bridgehead atoms. The zero-order valence-electron chi connectivity index (χ0n) is 10.1. The van der Waals surface area contributed by atoms with Crippen LogP contribution in [-0.4, -0.2) is 21.6 Å². The van der Waals surface area contributed by atoms with Gasteiger partial charge in [0.2, 0.25) is 0 Å². The average Bonchev–Trinajstić information content (AvgIpc) is 2.29. The van der Waals surface area contributed by atoms with Gasteiger partial charge in [-0.2, -0.15) is 5.10 Å². The van der Waals surface area contributed by atoms with Gasteiger partial charge in [0.15, 0.2) is 5.82 Å². The van der Waals surface area contributed by atoms with Crippen LogP contribution >= 0.6 is 11.6 Å². The maximum Gasteiger partial charge on any atom is 0.156 e. The summed E-state index contributed by atoms with van der Waals surface area (Å²) in [6.07, 6.45) is 2.65. The lowest BCUT2D eigenvalue weighted by atomic mass is 10.0. The topological polar surface area (TPSA) is 37.8 Å². The van der Waals surface area contributed by atoms with E-state index in [0.717, 1.165) is 23.0 Å². The number of halogens is 1. The minimum absolute atomic E-state index is 0.0828. The first-order valence-electron chi connectivity index (χ1n) is 5.67. The van der Waals surface area contributed by atoms with E-state index in [4.69, 9.17) is 11.6 Å². The highest BCUT2D eigenvalue weighted by molar-refractivity contribution is 6.17. The predicted molar refractivity (Wildman–Crippen MR) is 72.6 cm³/mol. The van der Waals surface area contributed by atoms with Crippen molar-refractivity contribution in [1.29, 1.82) is 0 Å². The second kappa shape index (κ2) is 4.88. The second-order valence-corrected chi connectivity index (χ2v) is 5.11. The van der Waals surface area contributed by atoms with Crippen LogP contribution in [0, 0.1) is 0 Å². The number of fused-ring (bicyclic) bond motifs is 1. The monoisotopic (exact) mass is 249 g/mol. The summed E-state index contributed by atoms with van der Waals surface area (Å²) in [5, 5.41) is 13.8. The Morgan fingerprint density at radius 2 is 2.06 bits per heavy atom. The van der Waals surface area contributed by atoms with E-state index in [1.165, 1.54) is 0 Å². The van der Waals surface area contributed by atoms with Gasteiger partial charge in [0.25, 0.3) is 0 Å². The van der Waals surface area contributed by atoms with E-state index in [9.17, 15) is 0 Å². The number of rotatable bonds is 4. The Kier molecular flexibility index (Phi) is 3.48. The summed E-state index contributed by atoms with van der Waals surface area (Å²) in [5.41, 5.74) is -0.0828. The Balaban J connectivity index is 2.36. The van der Waals surface area contributed by atoms with Crippen molar-refractivity contribution in [3.63, 3.8) is 0 Å². The minimum Gasteiger partial charge on any atom is -0.363 e. The summed E-state index contributed by atoms with van der Waals surface area (Å²) in [5.74, 6) is 1.44. The third kappa shape index (κ3) is 2.86. The average molecular weight is 250 g/mol. The molecule has 1 heterocycles. The van der Waals surface area contributed by atoms with E-state index < -0.39 is 0 Å². The van der Waals surface area contributed by atoms with E-state index in [0.29, 0.717) is 5.88 Å². The molecule has 1 aromatic heterocycles. The van der Waals surface area contributed by atoms with Gasteiger partial charge in [-0.3, -0.25) is 0 Å². The van der Waals surface area contributed by atoms with Crippen LogP contribution in [0.1, 0.15) is 20.3 Å². The van der Waals surface area contributed by atoms with Crippen LogP contribution in [0.2, 0.25) is 0 Å². The number of aromatic nitrogens is 2. The lowest BCUT2D eigenvalue weighted by Gasteiger charge is -2.26. The fourth-order valence-corrected chi connectivity index (χ4v) is 2.21. The number of nitrogens with zero attached hydrogens (tertiary/aromatic N) is 2. The molecule has 0 unspecified atom stereocenters. The summed E-state index contributed by atoms with van der Waals surface area (Å²) in [6.45, 7) is 4.22. The Hall–Kier alpha value is -1.35. The summed E-state index contributed by atoms with van der Waals surface area (Å²) in [4.78, 5) is 0. The molecule has 1 N–H and O–H groups in total. The van der Waals surface area contributed by atoms with Gasteiger partial charge in [-0.15, -0.1) is 16.7 Å². The molecule has 0 aliphatic heterocycles. The Morgan fingerprint density at radius 3 is 2.82 bits per heavy atom. The Bertz CT molecular complexity index is 505. The largest absolute Gasteiger partial charge is 0.363 e. The van der Waals surface area contributed by atoms with Gasteiger partial charge in [-0.05, 0) is 20.3 Å². The van der Waals surface area contributed by atoms with E-state index in [1.54, 1.807) is 6.20 Å². The first-order chi connectivity index (χ1) is 8.12. The lowest BCUT2D eigenvalue weighted by Crippen LogP contribution is -2.31. The van der Waals surface area contributed by atoms with Crippen LogP contribution in [0.3, 0.4) is 0 Å². The normalized spacial score (nSPS) is 11.7. The van der Waals surface area contributed by atoms with E-state index in [-0.39, 0.29) is 5.54 Å². The van der Waals surface area contributed by atoms with E-state index in [2.05, 4.69) is 29.4 Å². The third-order valence-corrected chi connectivity index (χ3v) is 2.94. The quantitative estimate of drug-likeness (QED) is 0.844. The van der Waals surface area contributed by atoms with Gasteiger partial charge in [-0.25, -0.2) is 0 Å². The maximum atomic E-state index is 5.79. The summed E-state index contributed by atoms with van der Waals surface area (Å²) >= 11 is 5.79. The van der Waals surface area contributed by atoms with Crippen molar-refractivity contribution < 1.29 is 0 Å². The number of nitrogens with one attached hydrogen (secondary N) is 1. The number of alkyl halides is 1. The first-order valence-corrected chi connectivity index (χ1v) is 6.20. The fourth-order valence-electron chi connectivity index (χ4n) is 1.74. The maximum absolute atomic E-state index is 5.79. The minimum atomic E-state index is -0.0828. The zero-order chi connectivity index (χ0) is 12.3. The predicted octanol–water partition coefficient (Wildman–Crippen LogP) is 3.45. The van der Waals surface area contributed by atoms with Crippen LogP contribution in [0.5, 0.6) is 0 Å². The lowest BCUT2D eigenvalue weighted by molar-refractivity contribution is 0.548. The van der Waals surface area contributed by atoms with Gasteiger partial charge >= 0.3 is 0 Å². The van der Waals surface area contributed by atoms with E-state index >= 15 is 0 Å². The van der Waals surface area contributed by atoms with Crippen molar-refractivity contribution in [2.24, 2.45) is 0 Å². The number of hydrogen-bond acceptors (Lipinski definition) is 3. The van der Waals surface area contributed by atoms with Crippen molar-refractivity contribution in [3.8, 4) is 0 Å². The van der Waals surface area contributed by atoms with E-state index in [1.807, 2.05) is 24.3 Å². The van der Waals surface area contributed by atoms with Crippen molar-refractivity contribution in [2.75, 3.05) is 11.2 Å². The highest BCUT2D eigenvalue weighted by Crippen LogP contribution is 2.23. The molecule has 0 spiro atoms. The molecule has 17 heavy (non-hydrogen) atoms.